The van der Waals surface area contributed by atoms with Crippen LogP contribution < -0.4 is 0 Å². The summed E-state index contributed by atoms with van der Waals surface area (Å²) in [5.74, 6) is 0. The number of nitrogens with zero attached hydrogens (tertiary/aromatic N) is 1. The molecule has 61 heavy (non-hydrogen) atoms. The van der Waals surface area contributed by atoms with E-state index in [9.17, 15) is 26.3 Å². The average molecular weight is 832 g/mol. The van der Waals surface area contributed by atoms with Crippen LogP contribution in [0.5, 0.6) is 0 Å². The lowest BCUT2D eigenvalue weighted by Crippen LogP contribution is -2.16. The minimum absolute atomic E-state index is 0.128. The Morgan fingerprint density at radius 1 is 0.328 bits per heavy atom. The first-order chi connectivity index (χ1) is 28.0. The molecule has 0 fully saturated rings. The molecule has 0 spiro atoms. The van der Waals surface area contributed by atoms with Crippen molar-refractivity contribution in [3.63, 3.8) is 0 Å². The summed E-state index contributed by atoms with van der Waals surface area (Å²) in [6, 6.07) is 34.9. The summed E-state index contributed by atoms with van der Waals surface area (Å²) in [5, 5.41) is 1.53. The molecule has 7 heteroatoms. The highest BCUT2D eigenvalue weighted by molar-refractivity contribution is 6.12. The highest BCUT2D eigenvalue weighted by Gasteiger charge is 2.34. The largest absolute Gasteiger partial charge is 0.416 e. The summed E-state index contributed by atoms with van der Waals surface area (Å²) in [4.78, 5) is 0. The SMILES string of the molecule is CC(C)(C)c1cc(-c2ccccc2-n2c3ccc(-c4cc(C(C)(C)C)cc(C(F)(F)F)c4)cc3c3cc(-c4cc(C(C)(C)C)cc(C(F)(F)F)c4)ccc32)cc(C(C)(C)C)c1. The molecule has 0 unspecified atom stereocenters. The van der Waals surface area contributed by atoms with E-state index in [0.717, 1.165) is 38.6 Å². The van der Waals surface area contributed by atoms with Crippen LogP contribution in [0.4, 0.5) is 26.3 Å². The van der Waals surface area contributed by atoms with Crippen LogP contribution in [0.1, 0.15) is 116 Å². The summed E-state index contributed by atoms with van der Waals surface area (Å²) >= 11 is 0. The van der Waals surface area contributed by atoms with Crippen molar-refractivity contribution in [1.82, 2.24) is 4.57 Å². The van der Waals surface area contributed by atoms with Crippen LogP contribution >= 0.6 is 0 Å². The number of hydrogen-bond acceptors (Lipinski definition) is 0. The summed E-state index contributed by atoms with van der Waals surface area (Å²) < 4.78 is 88.6. The normalized spacial score (nSPS) is 13.4. The molecule has 0 saturated carbocycles. The van der Waals surface area contributed by atoms with Gasteiger partial charge < -0.3 is 4.57 Å². The molecule has 1 aromatic heterocycles. The molecule has 0 bridgehead atoms. The molecule has 7 aromatic rings. The van der Waals surface area contributed by atoms with Crippen LogP contribution in [0.25, 0.3) is 60.9 Å². The van der Waals surface area contributed by atoms with E-state index in [0.29, 0.717) is 33.4 Å². The molecule has 0 aliphatic rings. The van der Waals surface area contributed by atoms with Gasteiger partial charge in [0, 0.05) is 16.3 Å². The lowest BCUT2D eigenvalue weighted by Gasteiger charge is -2.27. The Hall–Kier alpha value is -5.30. The molecule has 0 aliphatic heterocycles. The van der Waals surface area contributed by atoms with Gasteiger partial charge in [-0.05, 0) is 126 Å². The van der Waals surface area contributed by atoms with Crippen molar-refractivity contribution in [1.29, 1.82) is 0 Å². The van der Waals surface area contributed by atoms with Gasteiger partial charge in [-0.1, -0.05) is 144 Å². The molecule has 0 saturated heterocycles. The highest BCUT2D eigenvalue weighted by Crippen LogP contribution is 2.44. The predicted molar refractivity (Wildman–Crippen MR) is 242 cm³/mol. The van der Waals surface area contributed by atoms with Crippen molar-refractivity contribution < 1.29 is 26.3 Å². The maximum Gasteiger partial charge on any atom is 0.416 e. The zero-order chi connectivity index (χ0) is 44.8. The third kappa shape index (κ3) is 8.76. The second kappa shape index (κ2) is 14.7. The number of alkyl halides is 6. The van der Waals surface area contributed by atoms with Crippen LogP contribution in [-0.4, -0.2) is 4.57 Å². The van der Waals surface area contributed by atoms with Crippen LogP contribution in [0.15, 0.2) is 115 Å². The number of para-hydroxylation sites is 1. The van der Waals surface area contributed by atoms with Crippen molar-refractivity contribution in [3.05, 3.63) is 149 Å². The topological polar surface area (TPSA) is 4.93 Å². The van der Waals surface area contributed by atoms with Gasteiger partial charge in [0.1, 0.15) is 0 Å². The van der Waals surface area contributed by atoms with Crippen molar-refractivity contribution in [2.45, 2.75) is 117 Å². The second-order valence-corrected chi connectivity index (χ2v) is 20.7. The maximum absolute atomic E-state index is 14.4. The van der Waals surface area contributed by atoms with Gasteiger partial charge in [-0.3, -0.25) is 0 Å². The molecule has 0 aliphatic carbocycles. The smallest absolute Gasteiger partial charge is 0.309 e. The van der Waals surface area contributed by atoms with Gasteiger partial charge in [0.25, 0.3) is 0 Å². The Balaban J connectivity index is 1.56. The van der Waals surface area contributed by atoms with E-state index in [1.54, 1.807) is 0 Å². The summed E-state index contributed by atoms with van der Waals surface area (Å²) in [7, 11) is 0. The molecule has 1 heterocycles. The number of benzene rings is 6. The van der Waals surface area contributed by atoms with Crippen LogP contribution in [0.3, 0.4) is 0 Å². The zero-order valence-electron chi connectivity index (χ0n) is 37.2. The van der Waals surface area contributed by atoms with Crippen LogP contribution in [0.2, 0.25) is 0 Å². The third-order valence-corrected chi connectivity index (χ3v) is 11.8. The molecule has 7 rings (SSSR count). The van der Waals surface area contributed by atoms with E-state index in [1.807, 2.05) is 102 Å². The first-order valence-corrected chi connectivity index (χ1v) is 20.8. The number of fused-ring (bicyclic) bond motifs is 3. The van der Waals surface area contributed by atoms with Crippen molar-refractivity contribution >= 4 is 21.8 Å². The molecule has 0 atom stereocenters. The Morgan fingerprint density at radius 2 is 0.656 bits per heavy atom. The fraction of sp³-hybridized carbons (Fsp3) is 0.333. The second-order valence-electron chi connectivity index (χ2n) is 20.7. The minimum atomic E-state index is -4.55. The van der Waals surface area contributed by atoms with Gasteiger partial charge in [0.05, 0.1) is 27.8 Å². The standard InChI is InChI=1S/C54H55F6N/c1-49(2,3)37-21-34(23-41(30-37)53(55,56)57)32-17-19-47-44(27-32)45-28-33(35-22-38(50(4,5)6)31-42(24-35)54(58,59)60)18-20-48(45)61(47)46-16-14-13-15-43(46)36-25-39(51(7,8)9)29-40(26-36)52(10,11)12/h13-31H,1-12H3. The van der Waals surface area contributed by atoms with E-state index in [2.05, 4.69) is 76.4 Å². The van der Waals surface area contributed by atoms with Gasteiger partial charge >= 0.3 is 12.4 Å². The monoisotopic (exact) mass is 831 g/mol. The van der Waals surface area contributed by atoms with E-state index in [1.165, 1.54) is 35.4 Å². The first kappa shape index (κ1) is 43.8. The number of halogens is 6. The lowest BCUT2D eigenvalue weighted by molar-refractivity contribution is -0.138. The zero-order valence-corrected chi connectivity index (χ0v) is 37.2. The average Bonchev–Trinajstić information content (AvgIpc) is 3.48. The maximum atomic E-state index is 14.4. The highest BCUT2D eigenvalue weighted by atomic mass is 19.4. The van der Waals surface area contributed by atoms with Gasteiger partial charge in [-0.25, -0.2) is 0 Å². The van der Waals surface area contributed by atoms with Crippen molar-refractivity contribution in [3.8, 4) is 39.1 Å². The Labute approximate surface area is 356 Å². The van der Waals surface area contributed by atoms with Crippen molar-refractivity contribution in [2.24, 2.45) is 0 Å². The van der Waals surface area contributed by atoms with Gasteiger partial charge in [0.15, 0.2) is 0 Å². The summed E-state index contributed by atoms with van der Waals surface area (Å²) in [5.41, 5.74) is 7.35. The van der Waals surface area contributed by atoms with Gasteiger partial charge in [0.2, 0.25) is 0 Å². The van der Waals surface area contributed by atoms with E-state index in [-0.39, 0.29) is 10.8 Å². The molecular weight excluding hydrogens is 777 g/mol. The molecule has 0 N–H and O–H groups in total. The first-order valence-electron chi connectivity index (χ1n) is 20.8. The quantitative estimate of drug-likeness (QED) is 0.156. The van der Waals surface area contributed by atoms with Crippen LogP contribution in [0, 0.1) is 0 Å². The van der Waals surface area contributed by atoms with E-state index in [4.69, 9.17) is 0 Å². The minimum Gasteiger partial charge on any atom is -0.309 e. The Bertz CT molecular complexity index is 2570. The Morgan fingerprint density at radius 3 is 1.02 bits per heavy atom. The fourth-order valence-electron chi connectivity index (χ4n) is 7.99. The summed E-state index contributed by atoms with van der Waals surface area (Å²) in [6.07, 6.45) is -9.11. The molecule has 318 valence electrons. The number of hydrogen-bond donors (Lipinski definition) is 0. The Kier molecular flexibility index (Phi) is 10.5. The van der Waals surface area contributed by atoms with Crippen LogP contribution in [-0.2, 0) is 34.0 Å². The third-order valence-electron chi connectivity index (χ3n) is 11.8. The molecule has 6 aromatic carbocycles. The van der Waals surface area contributed by atoms with Gasteiger partial charge in [-0.2, -0.15) is 26.3 Å². The number of rotatable bonds is 4. The number of aromatic nitrogens is 1. The fourth-order valence-corrected chi connectivity index (χ4v) is 7.99. The lowest BCUT2D eigenvalue weighted by atomic mass is 9.79. The van der Waals surface area contributed by atoms with Gasteiger partial charge in [-0.15, -0.1) is 0 Å². The van der Waals surface area contributed by atoms with E-state index >= 15 is 0 Å². The predicted octanol–water partition coefficient (Wildman–Crippen LogP) is 17.0. The van der Waals surface area contributed by atoms with E-state index < -0.39 is 34.3 Å². The molecule has 0 radical (unpaired) electrons. The molecule has 0 amide bonds. The summed E-state index contributed by atoms with van der Waals surface area (Å²) in [6.45, 7) is 24.6. The molecular formula is C54H55F6N. The molecule has 1 nitrogen and oxygen atoms in total. The van der Waals surface area contributed by atoms with Crippen molar-refractivity contribution in [2.75, 3.05) is 0 Å².